The fourth-order valence-electron chi connectivity index (χ4n) is 2.82. The van der Waals surface area contributed by atoms with Gasteiger partial charge in [-0.05, 0) is 35.3 Å². The summed E-state index contributed by atoms with van der Waals surface area (Å²) in [4.78, 5) is 10.8. The lowest BCUT2D eigenvalue weighted by Gasteiger charge is -2.15. The van der Waals surface area contributed by atoms with Crippen LogP contribution in [-0.4, -0.2) is 11.1 Å². The summed E-state index contributed by atoms with van der Waals surface area (Å²) in [5, 5.41) is 8.92. The van der Waals surface area contributed by atoms with E-state index in [1.807, 2.05) is 6.07 Å². The van der Waals surface area contributed by atoms with Crippen molar-refractivity contribution in [1.82, 2.24) is 0 Å². The third-order valence-corrected chi connectivity index (χ3v) is 3.60. The number of carboxylic acids is 1. The standard InChI is InChI=1S/C14H18O2/c1-9(2)13-7-10(8-14(15)16)11-5-3-4-6-12(11)13/h3-6,9-10,13H,7-8H2,1-2H3,(H,15,16)/t10-,13-/m0/s1. The highest BCUT2D eigenvalue weighted by atomic mass is 16.4. The van der Waals surface area contributed by atoms with Gasteiger partial charge in [-0.2, -0.15) is 0 Å². The number of carboxylic acid groups (broad SMARTS) is 1. The van der Waals surface area contributed by atoms with Crippen molar-refractivity contribution in [2.45, 2.75) is 38.5 Å². The summed E-state index contributed by atoms with van der Waals surface area (Å²) in [5.74, 6) is 0.630. The Morgan fingerprint density at radius 3 is 2.56 bits per heavy atom. The van der Waals surface area contributed by atoms with Gasteiger partial charge in [0.15, 0.2) is 0 Å². The van der Waals surface area contributed by atoms with Gasteiger partial charge in [0.2, 0.25) is 0 Å². The van der Waals surface area contributed by atoms with Gasteiger partial charge in [-0.1, -0.05) is 38.1 Å². The van der Waals surface area contributed by atoms with Gasteiger partial charge in [0, 0.05) is 0 Å². The van der Waals surface area contributed by atoms with Gasteiger partial charge in [-0.3, -0.25) is 4.79 Å². The zero-order valence-electron chi connectivity index (χ0n) is 9.81. The van der Waals surface area contributed by atoms with Crippen LogP contribution in [0, 0.1) is 5.92 Å². The Morgan fingerprint density at radius 1 is 1.38 bits per heavy atom. The molecule has 0 aliphatic heterocycles. The van der Waals surface area contributed by atoms with Gasteiger partial charge < -0.3 is 5.11 Å². The highest BCUT2D eigenvalue weighted by Crippen LogP contribution is 2.46. The number of fused-ring (bicyclic) bond motifs is 1. The first-order valence-electron chi connectivity index (χ1n) is 5.90. The molecule has 0 amide bonds. The first-order valence-corrected chi connectivity index (χ1v) is 5.90. The van der Waals surface area contributed by atoms with Crippen molar-refractivity contribution in [3.8, 4) is 0 Å². The molecule has 0 fully saturated rings. The van der Waals surface area contributed by atoms with Crippen molar-refractivity contribution in [1.29, 1.82) is 0 Å². The Kier molecular flexibility index (Phi) is 2.99. The van der Waals surface area contributed by atoms with E-state index in [4.69, 9.17) is 5.11 Å². The van der Waals surface area contributed by atoms with Crippen LogP contribution in [-0.2, 0) is 4.79 Å². The van der Waals surface area contributed by atoms with Crippen LogP contribution in [0.25, 0.3) is 0 Å². The summed E-state index contributed by atoms with van der Waals surface area (Å²) in [6, 6.07) is 8.31. The summed E-state index contributed by atoms with van der Waals surface area (Å²) in [5.41, 5.74) is 2.62. The summed E-state index contributed by atoms with van der Waals surface area (Å²) >= 11 is 0. The molecule has 1 aromatic rings. The molecule has 2 rings (SSSR count). The van der Waals surface area contributed by atoms with Crippen molar-refractivity contribution in [3.63, 3.8) is 0 Å². The third kappa shape index (κ3) is 1.97. The monoisotopic (exact) mass is 218 g/mol. The van der Waals surface area contributed by atoms with Gasteiger partial charge in [0.05, 0.1) is 6.42 Å². The average Bonchev–Trinajstić information content (AvgIpc) is 2.57. The molecular formula is C14H18O2. The Balaban J connectivity index is 2.31. The molecule has 2 nitrogen and oxygen atoms in total. The molecular weight excluding hydrogens is 200 g/mol. The lowest BCUT2D eigenvalue weighted by atomic mass is 9.89. The van der Waals surface area contributed by atoms with Crippen LogP contribution in [0.5, 0.6) is 0 Å². The molecule has 0 aromatic heterocycles. The molecule has 0 spiro atoms. The first-order chi connectivity index (χ1) is 7.59. The van der Waals surface area contributed by atoms with E-state index < -0.39 is 5.97 Å². The van der Waals surface area contributed by atoms with Gasteiger partial charge in [-0.15, -0.1) is 0 Å². The van der Waals surface area contributed by atoms with Crippen molar-refractivity contribution >= 4 is 5.97 Å². The molecule has 0 bridgehead atoms. The second-order valence-corrected chi connectivity index (χ2v) is 5.01. The van der Waals surface area contributed by atoms with Crippen LogP contribution in [0.2, 0.25) is 0 Å². The SMILES string of the molecule is CC(C)[C@@H]1C[C@@H](CC(=O)O)c2ccccc21. The highest BCUT2D eigenvalue weighted by Gasteiger charge is 2.33. The molecule has 1 aliphatic carbocycles. The van der Waals surface area contributed by atoms with Crippen LogP contribution in [0.3, 0.4) is 0 Å². The molecule has 16 heavy (non-hydrogen) atoms. The lowest BCUT2D eigenvalue weighted by Crippen LogP contribution is -2.05. The highest BCUT2D eigenvalue weighted by molar-refractivity contribution is 5.68. The lowest BCUT2D eigenvalue weighted by molar-refractivity contribution is -0.137. The summed E-state index contributed by atoms with van der Waals surface area (Å²) in [7, 11) is 0. The second-order valence-electron chi connectivity index (χ2n) is 5.01. The molecule has 0 radical (unpaired) electrons. The minimum Gasteiger partial charge on any atom is -0.481 e. The molecule has 1 aromatic carbocycles. The van der Waals surface area contributed by atoms with Crippen LogP contribution in [0.4, 0.5) is 0 Å². The van der Waals surface area contributed by atoms with E-state index in [1.54, 1.807) is 0 Å². The largest absolute Gasteiger partial charge is 0.481 e. The maximum Gasteiger partial charge on any atom is 0.303 e. The maximum absolute atomic E-state index is 10.8. The molecule has 2 atom stereocenters. The molecule has 0 saturated carbocycles. The van der Waals surface area contributed by atoms with Crippen molar-refractivity contribution in [2.24, 2.45) is 5.92 Å². The predicted molar refractivity (Wildman–Crippen MR) is 63.6 cm³/mol. The molecule has 1 aliphatic rings. The topological polar surface area (TPSA) is 37.3 Å². The normalized spacial score (nSPS) is 23.4. The quantitative estimate of drug-likeness (QED) is 0.844. The van der Waals surface area contributed by atoms with E-state index in [9.17, 15) is 4.79 Å². The van der Waals surface area contributed by atoms with Gasteiger partial charge in [0.1, 0.15) is 0 Å². The fraction of sp³-hybridized carbons (Fsp3) is 0.500. The maximum atomic E-state index is 10.8. The van der Waals surface area contributed by atoms with E-state index in [1.165, 1.54) is 11.1 Å². The zero-order chi connectivity index (χ0) is 11.7. The minimum atomic E-state index is -0.691. The van der Waals surface area contributed by atoms with Crippen LogP contribution >= 0.6 is 0 Å². The van der Waals surface area contributed by atoms with Crippen LogP contribution in [0.1, 0.15) is 49.7 Å². The van der Waals surface area contributed by atoms with Gasteiger partial charge in [-0.25, -0.2) is 0 Å². The second kappa shape index (κ2) is 4.28. The number of carbonyl (C=O) groups is 1. The Bertz CT molecular complexity index is 395. The summed E-state index contributed by atoms with van der Waals surface area (Å²) < 4.78 is 0. The molecule has 1 N–H and O–H groups in total. The van der Waals surface area contributed by atoms with Crippen molar-refractivity contribution in [2.75, 3.05) is 0 Å². The van der Waals surface area contributed by atoms with E-state index in [0.717, 1.165) is 6.42 Å². The molecule has 0 heterocycles. The first kappa shape index (κ1) is 11.2. The van der Waals surface area contributed by atoms with E-state index in [2.05, 4.69) is 32.0 Å². The minimum absolute atomic E-state index is 0.209. The Hall–Kier alpha value is -1.31. The zero-order valence-corrected chi connectivity index (χ0v) is 9.81. The number of rotatable bonds is 3. The van der Waals surface area contributed by atoms with Crippen LogP contribution < -0.4 is 0 Å². The number of benzene rings is 1. The number of hydrogen-bond donors (Lipinski definition) is 1. The van der Waals surface area contributed by atoms with E-state index in [-0.39, 0.29) is 12.3 Å². The van der Waals surface area contributed by atoms with Crippen molar-refractivity contribution < 1.29 is 9.90 Å². The number of hydrogen-bond acceptors (Lipinski definition) is 1. The van der Waals surface area contributed by atoms with Crippen LogP contribution in [0.15, 0.2) is 24.3 Å². The van der Waals surface area contributed by atoms with Gasteiger partial charge in [0.25, 0.3) is 0 Å². The smallest absolute Gasteiger partial charge is 0.303 e. The molecule has 0 unspecified atom stereocenters. The molecule has 0 saturated heterocycles. The Morgan fingerprint density at radius 2 is 2.00 bits per heavy atom. The number of aliphatic carboxylic acids is 1. The summed E-state index contributed by atoms with van der Waals surface area (Å²) in [6.45, 7) is 4.43. The van der Waals surface area contributed by atoms with E-state index >= 15 is 0 Å². The average molecular weight is 218 g/mol. The van der Waals surface area contributed by atoms with Gasteiger partial charge >= 0.3 is 5.97 Å². The third-order valence-electron chi connectivity index (χ3n) is 3.60. The van der Waals surface area contributed by atoms with Crippen molar-refractivity contribution in [3.05, 3.63) is 35.4 Å². The molecule has 2 heteroatoms. The predicted octanol–water partition coefficient (Wildman–Crippen LogP) is 3.39. The molecule has 86 valence electrons. The fourth-order valence-corrected chi connectivity index (χ4v) is 2.82. The van der Waals surface area contributed by atoms with E-state index in [0.29, 0.717) is 11.8 Å². The summed E-state index contributed by atoms with van der Waals surface area (Å²) in [6.07, 6.45) is 1.25. The Labute approximate surface area is 96.3 Å².